The van der Waals surface area contributed by atoms with Crippen molar-refractivity contribution in [3.8, 4) is 11.1 Å². The van der Waals surface area contributed by atoms with E-state index in [2.05, 4.69) is 15.5 Å². The van der Waals surface area contributed by atoms with E-state index in [0.717, 1.165) is 41.1 Å². The summed E-state index contributed by atoms with van der Waals surface area (Å²) in [6.45, 7) is -2.06. The summed E-state index contributed by atoms with van der Waals surface area (Å²) in [5.41, 5.74) is -1.87. The molecule has 17 heteroatoms. The van der Waals surface area contributed by atoms with Gasteiger partial charge >= 0.3 is 219 Å². The maximum atomic E-state index is 15.6. The van der Waals surface area contributed by atoms with Gasteiger partial charge in [-0.2, -0.15) is 13.2 Å². The first-order valence-corrected chi connectivity index (χ1v) is 18.3. The van der Waals surface area contributed by atoms with Gasteiger partial charge in [-0.05, 0) is 0 Å². The van der Waals surface area contributed by atoms with Crippen LogP contribution in [0.5, 0.6) is 0 Å². The monoisotopic (exact) mass is 813 g/mol. The molecule has 1 fully saturated rings. The molecule has 4 aromatic rings. The fraction of sp³-hybridized carbons (Fsp3) is 0.424. The molecule has 0 unspecified atom stereocenters. The first kappa shape index (κ1) is 36.9. The van der Waals surface area contributed by atoms with Crippen LogP contribution in [0.15, 0.2) is 36.5 Å². The van der Waals surface area contributed by atoms with Gasteiger partial charge in [0, 0.05) is 0 Å². The SMILES string of the molecule is O=C(O)CNC(=O)CNC(=O)Cn1nc(C(F)(F)F)c2c(-c3cc4c(cnn4C(=O)CCC(=O)[I-]C4CCCCCCC4)cc3F)cccc21. The van der Waals surface area contributed by atoms with E-state index in [0.29, 0.717) is 3.92 Å². The van der Waals surface area contributed by atoms with Gasteiger partial charge in [0.25, 0.3) is 0 Å². The number of alkyl halides is 4. The number of aliphatic carboxylic acids is 1. The van der Waals surface area contributed by atoms with E-state index in [1.165, 1.54) is 49.7 Å². The molecule has 3 N–H and O–H groups in total. The number of aromatic nitrogens is 4. The minimum absolute atomic E-state index is 0.0615. The third-order valence-corrected chi connectivity index (χ3v) is 11.6. The van der Waals surface area contributed by atoms with Crippen molar-refractivity contribution in [2.45, 2.75) is 74.4 Å². The van der Waals surface area contributed by atoms with E-state index in [9.17, 15) is 37.1 Å². The molecule has 0 radical (unpaired) electrons. The number of fused-ring (bicyclic) bond motifs is 2. The summed E-state index contributed by atoms with van der Waals surface area (Å²) in [6, 6.07) is 6.19. The zero-order chi connectivity index (χ0) is 36.0. The van der Waals surface area contributed by atoms with Gasteiger partial charge in [-0.1, -0.05) is 0 Å². The number of halogens is 5. The van der Waals surface area contributed by atoms with Crippen LogP contribution in [0.1, 0.15) is 68.3 Å². The summed E-state index contributed by atoms with van der Waals surface area (Å²) in [7, 11) is 0. The topological polar surface area (TPSA) is 165 Å². The molecule has 1 saturated carbocycles. The normalized spacial score (nSPS) is 14.4. The molecule has 0 spiro atoms. The quantitative estimate of drug-likeness (QED) is 0.0842. The molecule has 50 heavy (non-hydrogen) atoms. The molecule has 2 amide bonds. The van der Waals surface area contributed by atoms with Crippen molar-refractivity contribution in [3.63, 3.8) is 0 Å². The van der Waals surface area contributed by atoms with Crippen molar-refractivity contribution in [2.75, 3.05) is 13.1 Å². The van der Waals surface area contributed by atoms with Crippen LogP contribution >= 0.6 is 0 Å². The molecule has 2 aromatic heterocycles. The van der Waals surface area contributed by atoms with Gasteiger partial charge in [0.1, 0.15) is 13.1 Å². The minimum atomic E-state index is -5.02. The second kappa shape index (κ2) is 16.1. The van der Waals surface area contributed by atoms with E-state index in [-0.39, 0.29) is 44.2 Å². The zero-order valence-electron chi connectivity index (χ0n) is 26.7. The van der Waals surface area contributed by atoms with E-state index in [1.807, 2.05) is 5.32 Å². The van der Waals surface area contributed by atoms with Crippen LogP contribution in [-0.2, 0) is 31.9 Å². The van der Waals surface area contributed by atoms with Gasteiger partial charge in [-0.25, -0.2) is 0 Å². The molecule has 12 nitrogen and oxygen atoms in total. The van der Waals surface area contributed by atoms with Crippen molar-refractivity contribution >= 4 is 49.3 Å². The summed E-state index contributed by atoms with van der Waals surface area (Å²) in [6.07, 6.45) is 4.07. The molecular formula is C33H34F4IN6O6-. The molecule has 1 aliphatic rings. The Kier molecular flexibility index (Phi) is 11.8. The molecule has 2 aromatic carbocycles. The number of carbonyl (C=O) groups excluding carboxylic acids is 4. The van der Waals surface area contributed by atoms with Crippen LogP contribution in [0.4, 0.5) is 17.6 Å². The van der Waals surface area contributed by atoms with Gasteiger partial charge in [-0.3, -0.25) is 14.4 Å². The Morgan fingerprint density at radius 1 is 0.900 bits per heavy atom. The molecule has 5 rings (SSSR count). The molecular weight excluding hydrogens is 779 g/mol. The van der Waals surface area contributed by atoms with Crippen LogP contribution in [0.3, 0.4) is 0 Å². The average Bonchev–Trinajstić information content (AvgIpc) is 3.64. The van der Waals surface area contributed by atoms with Crippen molar-refractivity contribution in [3.05, 3.63) is 48.0 Å². The average molecular weight is 814 g/mol. The maximum absolute atomic E-state index is 15.6. The number of carboxylic acid groups (broad SMARTS) is 1. The number of hydrogen-bond donors (Lipinski definition) is 3. The van der Waals surface area contributed by atoms with Gasteiger partial charge in [-0.15, -0.1) is 0 Å². The summed E-state index contributed by atoms with van der Waals surface area (Å²) in [5.74, 6) is -4.41. The van der Waals surface area contributed by atoms with E-state index >= 15 is 4.39 Å². The molecule has 0 saturated heterocycles. The molecule has 268 valence electrons. The van der Waals surface area contributed by atoms with Crippen LogP contribution in [0.25, 0.3) is 32.9 Å². The second-order valence-corrected chi connectivity index (χ2v) is 15.5. The van der Waals surface area contributed by atoms with Gasteiger partial charge in [0.15, 0.2) is 0 Å². The summed E-state index contributed by atoms with van der Waals surface area (Å²) in [4.78, 5) is 60.9. The van der Waals surface area contributed by atoms with Crippen molar-refractivity contribution < 1.29 is 67.8 Å². The number of nitrogens with zero attached hydrogens (tertiary/aromatic N) is 4. The van der Waals surface area contributed by atoms with Gasteiger partial charge in [0.05, 0.1) is 6.54 Å². The Labute approximate surface area is 293 Å². The van der Waals surface area contributed by atoms with E-state index in [1.54, 1.807) is 0 Å². The van der Waals surface area contributed by atoms with Gasteiger partial charge < -0.3 is 15.7 Å². The fourth-order valence-electron chi connectivity index (χ4n) is 5.88. The third kappa shape index (κ3) is 9.02. The number of rotatable bonds is 12. The molecule has 0 atom stereocenters. The third-order valence-electron chi connectivity index (χ3n) is 8.25. The molecule has 0 bridgehead atoms. The predicted octanol–water partition coefficient (Wildman–Crippen LogP) is 1.68. The first-order valence-electron chi connectivity index (χ1n) is 16.0. The summed E-state index contributed by atoms with van der Waals surface area (Å²) >= 11 is -0.732. The standard InChI is InChI=1S/C33H34F4IN6O6/c34-23-13-19-15-41-44(29(48)12-11-26(45)38-20-7-4-2-1-3-5-8-20)25(19)14-22(23)21-9-6-10-24-31(21)32(33(35,36)37)42-43(24)18-28(47)39-16-27(46)40-17-30(49)50/h6,9-10,13-15,20H,1-5,7-8,11-12,16-18H2,(H,39,47)(H,40,46)(H,49,50)/q-1. The van der Waals surface area contributed by atoms with Crippen LogP contribution in [0, 0.1) is 5.82 Å². The molecule has 2 heterocycles. The Hall–Kier alpha value is -4.42. The Balaban J connectivity index is 1.39. The number of carboxylic acids is 1. The summed E-state index contributed by atoms with van der Waals surface area (Å²) in [5, 5.41) is 20.3. The second-order valence-electron chi connectivity index (χ2n) is 11.9. The Bertz CT molecular complexity index is 1930. The predicted molar refractivity (Wildman–Crippen MR) is 168 cm³/mol. The number of carbonyl (C=O) groups is 5. The first-order chi connectivity index (χ1) is 23.8. The molecule has 0 aliphatic heterocycles. The number of hydrogen-bond acceptors (Lipinski definition) is 7. The van der Waals surface area contributed by atoms with Gasteiger partial charge in [0.2, 0.25) is 11.8 Å². The fourth-order valence-corrected chi connectivity index (χ4v) is 8.95. The number of benzene rings is 2. The van der Waals surface area contributed by atoms with E-state index in [4.69, 9.17) is 5.11 Å². The van der Waals surface area contributed by atoms with Crippen molar-refractivity contribution in [2.24, 2.45) is 0 Å². The Morgan fingerprint density at radius 2 is 1.60 bits per heavy atom. The van der Waals surface area contributed by atoms with Crippen LogP contribution in [-0.4, -0.2) is 69.2 Å². The summed E-state index contributed by atoms with van der Waals surface area (Å²) < 4.78 is 60.9. The Morgan fingerprint density at radius 3 is 2.30 bits per heavy atom. The van der Waals surface area contributed by atoms with Crippen LogP contribution < -0.4 is 31.8 Å². The van der Waals surface area contributed by atoms with E-state index < -0.39 is 87.6 Å². The van der Waals surface area contributed by atoms with Crippen molar-refractivity contribution in [1.82, 2.24) is 30.2 Å². The van der Waals surface area contributed by atoms with Crippen molar-refractivity contribution in [1.29, 1.82) is 0 Å². The molecule has 1 aliphatic carbocycles. The number of amides is 2. The zero-order valence-corrected chi connectivity index (χ0v) is 28.9. The van der Waals surface area contributed by atoms with Crippen LogP contribution in [0.2, 0.25) is 0 Å². The number of nitrogens with one attached hydrogen (secondary N) is 2.